The van der Waals surface area contributed by atoms with Gasteiger partial charge in [-0.2, -0.15) is 0 Å². The monoisotopic (exact) mass is 1370 g/mol. The lowest BCUT2D eigenvalue weighted by Gasteiger charge is -2.57. The molecule has 4 saturated carbocycles. The number of hydrogen-bond donors (Lipinski definition) is 1. The maximum absolute atomic E-state index is 11.8. The number of carbonyl (C=O) groups is 3. The fraction of sp³-hybridized carbons (Fsp3) is 0.323. The Bertz CT molecular complexity index is 4960. The fourth-order valence-electron chi connectivity index (χ4n) is 17.3. The summed E-state index contributed by atoms with van der Waals surface area (Å²) < 4.78 is 17.1. The normalized spacial score (nSPS) is 18.6. The van der Waals surface area contributed by atoms with E-state index in [9.17, 15) is 14.4 Å². The van der Waals surface area contributed by atoms with E-state index in [-0.39, 0.29) is 47.8 Å². The lowest BCUT2D eigenvalue weighted by atomic mass is 9.48. The van der Waals surface area contributed by atoms with E-state index < -0.39 is 0 Å². The Morgan fingerprint density at radius 3 is 1.72 bits per heavy atom. The number of Topliss-reactive ketones (excluding diaryl/α,β-unsaturated/α-hetero) is 3. The highest BCUT2D eigenvalue weighted by Gasteiger charge is 2.53. The number of benzene rings is 9. The number of carbonyl (C=O) groups excluding carboxylic acids is 3. The quantitative estimate of drug-likeness (QED) is 0.0576. The summed E-state index contributed by atoms with van der Waals surface area (Å²) in [5.74, 6) is 4.20. The first kappa shape index (κ1) is 71.5. The molecule has 0 unspecified atom stereocenters. The zero-order chi connectivity index (χ0) is 71.2. The van der Waals surface area contributed by atoms with Crippen LogP contribution in [-0.4, -0.2) is 67.2 Å². The van der Waals surface area contributed by atoms with Crippen LogP contribution < -0.4 is 9.64 Å². The van der Waals surface area contributed by atoms with Crippen molar-refractivity contribution in [2.24, 2.45) is 22.7 Å². The standard InChI is InChI=1S/C32H36O4.C30H32N2O.C30H26N2O.CH4/c1-21(33)25-3-5-26(6-4-25)27-7-8-28-16-31(36-20-35-10-9-34-2)30(15-29(28)14-27)32-17-22-11-23(18-32)13-24(12-22)19-32;1-19(33)20-11-13-21(14-12-20)28-22-9-7-8-10-26(22)32(6)27-18-24-23(17-25(27)31-28)29(2,3)15-16-30(24,4)5;1-19(2)24-10-7-11-25-26(22-8-5-4-6-9-22)18-29(32-30(24)25)28-17-16-27(31-28)23-14-12-21(13-15-23)20(3)33;/h3-8,14-16,22-24H,9-13,17-20H2,1-2H3;7-14,17-18H,15-16H2,1-6H3;4-19,31H,1-3H3;1H4. The number of ketones is 3. The van der Waals surface area contributed by atoms with Crippen LogP contribution in [0.25, 0.3) is 66.6 Å². The van der Waals surface area contributed by atoms with Crippen molar-refractivity contribution in [1.29, 1.82) is 0 Å². The molecule has 4 fully saturated rings. The summed E-state index contributed by atoms with van der Waals surface area (Å²) in [6.07, 6.45) is 10.5. The highest BCUT2D eigenvalue weighted by atomic mass is 16.7. The molecule has 1 N–H and O–H groups in total. The summed E-state index contributed by atoms with van der Waals surface area (Å²) in [5.41, 5.74) is 24.1. The van der Waals surface area contributed by atoms with Crippen LogP contribution in [-0.2, 0) is 25.7 Å². The number of hydrogen-bond acceptors (Lipinski definition) is 9. The molecule has 0 saturated heterocycles. The smallest absolute Gasteiger partial charge is 0.189 e. The number of rotatable bonds is 16. The second-order valence-electron chi connectivity index (χ2n) is 31.0. The molecule has 2 aromatic heterocycles. The second-order valence-corrected chi connectivity index (χ2v) is 31.0. The van der Waals surface area contributed by atoms with E-state index in [1.165, 1.54) is 106 Å². The van der Waals surface area contributed by atoms with Gasteiger partial charge in [-0.1, -0.05) is 201 Å². The number of aromatic nitrogens is 2. The van der Waals surface area contributed by atoms with Crippen LogP contribution in [0.5, 0.6) is 5.75 Å². The molecule has 1 aliphatic heterocycles. The minimum Gasteiger partial charge on any atom is -0.467 e. The van der Waals surface area contributed by atoms with Gasteiger partial charge in [0.2, 0.25) is 0 Å². The molecule has 0 radical (unpaired) electrons. The zero-order valence-electron chi connectivity index (χ0n) is 61.0. The van der Waals surface area contributed by atoms with Crippen LogP contribution in [0, 0.1) is 17.8 Å². The number of fused-ring (bicyclic) bond motifs is 5. The van der Waals surface area contributed by atoms with Gasteiger partial charge in [0.15, 0.2) is 24.1 Å². The number of ether oxygens (including phenoxy) is 3. The van der Waals surface area contributed by atoms with Gasteiger partial charge < -0.3 is 24.1 Å². The van der Waals surface area contributed by atoms with Gasteiger partial charge in [0.05, 0.1) is 52.9 Å². The molecule has 4 bridgehead atoms. The van der Waals surface area contributed by atoms with Gasteiger partial charge in [0.1, 0.15) is 5.75 Å². The summed E-state index contributed by atoms with van der Waals surface area (Å²) in [7, 11) is 3.83. The summed E-state index contributed by atoms with van der Waals surface area (Å²) in [6.45, 7) is 20.0. The first-order chi connectivity index (χ1) is 49.1. The fourth-order valence-corrected chi connectivity index (χ4v) is 17.3. The van der Waals surface area contributed by atoms with Gasteiger partial charge in [-0.3, -0.25) is 14.4 Å². The molecular formula is C93H98N4O6. The molecule has 0 amide bonds. The van der Waals surface area contributed by atoms with E-state index in [1.807, 2.05) is 78.9 Å². The average Bonchev–Trinajstić information content (AvgIpc) is 1.26. The van der Waals surface area contributed by atoms with Gasteiger partial charge >= 0.3 is 0 Å². The molecule has 3 heterocycles. The van der Waals surface area contributed by atoms with Crippen LogP contribution in [0.4, 0.5) is 17.1 Å². The Hall–Kier alpha value is -9.87. The predicted molar refractivity (Wildman–Crippen MR) is 424 cm³/mol. The third-order valence-electron chi connectivity index (χ3n) is 22.7. The van der Waals surface area contributed by atoms with E-state index in [4.69, 9.17) is 24.2 Å². The molecule has 0 atom stereocenters. The SMILES string of the molecule is C.CC(=O)c1ccc(-c2ccc(-c3cc(-c4ccccc4)c4cccc(C(C)C)c4n3)[nH]2)cc1.CC(=O)c1ccc(C2=Nc3cc4c(cc3N(C)c3ccccc32)C(C)(C)CCC4(C)C)cc1.COCCOCOc1cc2ccc(-c3ccc(C(C)=O)cc3)cc2cc1C12CC3CC(CC(C3)C1)C2. The number of nitrogens with one attached hydrogen (secondary N) is 1. The second kappa shape index (κ2) is 29.5. The van der Waals surface area contributed by atoms with Gasteiger partial charge in [0, 0.05) is 58.6 Å². The van der Waals surface area contributed by atoms with Crippen LogP contribution in [0.3, 0.4) is 0 Å². The summed E-state index contributed by atoms with van der Waals surface area (Å²) >= 11 is 0. The first-order valence-corrected chi connectivity index (χ1v) is 36.5. The number of para-hydroxylation sites is 2. The highest BCUT2D eigenvalue weighted by Crippen LogP contribution is 2.62. The molecule has 0 spiro atoms. The van der Waals surface area contributed by atoms with Crippen LogP contribution in [0.1, 0.15) is 191 Å². The number of H-pyrrole nitrogens is 1. The summed E-state index contributed by atoms with van der Waals surface area (Å²) in [5, 5.41) is 3.60. The van der Waals surface area contributed by atoms with Gasteiger partial charge in [-0.25, -0.2) is 9.98 Å². The van der Waals surface area contributed by atoms with Crippen LogP contribution in [0.2, 0.25) is 0 Å². The molecule has 11 aromatic rings. The molecule has 17 rings (SSSR count). The largest absolute Gasteiger partial charge is 0.467 e. The lowest BCUT2D eigenvalue weighted by Crippen LogP contribution is -2.48. The Labute approximate surface area is 609 Å². The Balaban J connectivity index is 0.000000137. The van der Waals surface area contributed by atoms with Crippen molar-refractivity contribution in [1.82, 2.24) is 9.97 Å². The number of nitrogens with zero attached hydrogens (tertiary/aromatic N) is 3. The van der Waals surface area contributed by atoms with E-state index in [2.05, 4.69) is 186 Å². The lowest BCUT2D eigenvalue weighted by molar-refractivity contribution is -0.0188. The minimum atomic E-state index is 0. The predicted octanol–water partition coefficient (Wildman–Crippen LogP) is 23.2. The number of aliphatic imine (C=N–C) groups is 1. The molecular weight excluding hydrogens is 1270 g/mol. The van der Waals surface area contributed by atoms with Gasteiger partial charge in [-0.15, -0.1) is 0 Å². The van der Waals surface area contributed by atoms with Crippen molar-refractivity contribution < 1.29 is 28.6 Å². The van der Waals surface area contributed by atoms with Crippen LogP contribution in [0.15, 0.2) is 211 Å². The highest BCUT2D eigenvalue weighted by molar-refractivity contribution is 6.19. The van der Waals surface area contributed by atoms with Crippen molar-refractivity contribution in [3.8, 4) is 50.6 Å². The molecule has 9 aromatic carbocycles. The van der Waals surface area contributed by atoms with Crippen LogP contribution >= 0.6 is 0 Å². The molecule has 5 aliphatic carbocycles. The maximum Gasteiger partial charge on any atom is 0.189 e. The molecule has 526 valence electrons. The Morgan fingerprint density at radius 2 is 1.11 bits per heavy atom. The van der Waals surface area contributed by atoms with Crippen molar-refractivity contribution in [3.05, 3.63) is 256 Å². The van der Waals surface area contributed by atoms with E-state index in [0.717, 1.165) is 108 Å². The third kappa shape index (κ3) is 14.6. The van der Waals surface area contributed by atoms with Crippen molar-refractivity contribution in [3.63, 3.8) is 0 Å². The number of anilines is 2. The Kier molecular flexibility index (Phi) is 20.5. The number of methoxy groups -OCH3 is 1. The average molecular weight is 1370 g/mol. The van der Waals surface area contributed by atoms with E-state index in [1.54, 1.807) is 27.9 Å². The van der Waals surface area contributed by atoms with Crippen molar-refractivity contribution in [2.75, 3.05) is 39.1 Å². The first-order valence-electron chi connectivity index (χ1n) is 36.5. The summed E-state index contributed by atoms with van der Waals surface area (Å²) in [6, 6.07) is 71.2. The van der Waals surface area contributed by atoms with Crippen molar-refractivity contribution in [2.45, 2.75) is 143 Å². The van der Waals surface area contributed by atoms with E-state index >= 15 is 0 Å². The molecule has 103 heavy (non-hydrogen) atoms. The van der Waals surface area contributed by atoms with E-state index in [0.29, 0.717) is 19.1 Å². The van der Waals surface area contributed by atoms with Gasteiger partial charge in [0.25, 0.3) is 0 Å². The molecule has 6 aliphatic rings. The summed E-state index contributed by atoms with van der Waals surface area (Å²) in [4.78, 5) is 51.3. The topological polar surface area (TPSA) is 123 Å². The molecule has 10 nitrogen and oxygen atoms in total. The number of pyridine rings is 1. The zero-order valence-corrected chi connectivity index (χ0v) is 61.0. The van der Waals surface area contributed by atoms with Crippen molar-refractivity contribution >= 4 is 61.8 Å². The minimum absolute atomic E-state index is 0. The maximum atomic E-state index is 11.8. The van der Waals surface area contributed by atoms with Gasteiger partial charge in [-0.05, 0) is 222 Å². The number of aromatic amines is 1. The molecule has 10 heteroatoms. The third-order valence-corrected chi connectivity index (χ3v) is 22.7. The Morgan fingerprint density at radius 1 is 0.534 bits per heavy atom.